The molecule has 1 aromatic rings. The van der Waals surface area contributed by atoms with E-state index in [4.69, 9.17) is 14.6 Å². The van der Waals surface area contributed by atoms with Gasteiger partial charge in [0.1, 0.15) is 6.42 Å². The van der Waals surface area contributed by atoms with Crippen LogP contribution in [0.3, 0.4) is 0 Å². The number of hydrogen-bond donors (Lipinski definition) is 1. The van der Waals surface area contributed by atoms with Crippen LogP contribution in [0.1, 0.15) is 32.3 Å². The van der Waals surface area contributed by atoms with Gasteiger partial charge >= 0.3 is 5.97 Å². The molecule has 0 aliphatic carbocycles. The van der Waals surface area contributed by atoms with Crippen molar-refractivity contribution in [1.82, 2.24) is 0 Å². The highest BCUT2D eigenvalue weighted by molar-refractivity contribution is 7.86. The maximum atomic E-state index is 12.7. The summed E-state index contributed by atoms with van der Waals surface area (Å²) >= 11 is 0. The number of carbonyl (C=O) groups excluding carboxylic acids is 1. The molecule has 6 nitrogen and oxygen atoms in total. The number of aryl methyl sites for hydroxylation is 1. The lowest BCUT2D eigenvalue weighted by Gasteiger charge is -2.19. The van der Waals surface area contributed by atoms with Crippen LogP contribution in [0.2, 0.25) is 0 Å². The monoisotopic (exact) mass is 368 g/mol. The molecule has 138 valence electrons. The lowest BCUT2D eigenvalue weighted by Crippen LogP contribution is -2.34. The Morgan fingerprint density at radius 2 is 2.00 bits per heavy atom. The molecule has 1 aliphatic rings. The van der Waals surface area contributed by atoms with Gasteiger partial charge in [-0.1, -0.05) is 30.3 Å². The van der Waals surface area contributed by atoms with E-state index in [1.54, 1.807) is 13.8 Å². The first-order valence-corrected chi connectivity index (χ1v) is 9.62. The van der Waals surface area contributed by atoms with E-state index in [-0.39, 0.29) is 11.9 Å². The Morgan fingerprint density at radius 1 is 1.32 bits per heavy atom. The molecule has 1 aliphatic heterocycles. The second kappa shape index (κ2) is 8.69. The number of hydrogen-bond acceptors (Lipinski definition) is 5. The zero-order chi connectivity index (χ0) is 18.4. The highest BCUT2D eigenvalue weighted by Gasteiger charge is 2.36. The molecule has 1 N–H and O–H groups in total. The Labute approximate surface area is 150 Å². The van der Waals surface area contributed by atoms with Crippen molar-refractivity contribution in [1.29, 1.82) is 0 Å². The van der Waals surface area contributed by atoms with Gasteiger partial charge in [-0.15, -0.1) is 0 Å². The predicted octanol–water partition coefficient (Wildman–Crippen LogP) is 1.93. The molecule has 0 spiro atoms. The van der Waals surface area contributed by atoms with Gasteiger partial charge in [-0.05, 0) is 32.3 Å². The van der Waals surface area contributed by atoms with E-state index in [1.807, 2.05) is 30.3 Å². The second-order valence-electron chi connectivity index (χ2n) is 6.55. The van der Waals surface area contributed by atoms with Crippen LogP contribution in [0.5, 0.6) is 0 Å². The topological polar surface area (TPSA) is 89.9 Å². The quantitative estimate of drug-likeness (QED) is 0.670. The summed E-state index contributed by atoms with van der Waals surface area (Å²) in [6.45, 7) is 3.87. The molecule has 3 atom stereocenters. The highest BCUT2D eigenvalue weighted by Crippen LogP contribution is 2.24. The Kier molecular flexibility index (Phi) is 6.87. The van der Waals surface area contributed by atoms with E-state index < -0.39 is 40.0 Å². The van der Waals surface area contributed by atoms with Gasteiger partial charge in [-0.2, -0.15) is 0 Å². The summed E-state index contributed by atoms with van der Waals surface area (Å²) in [7, 11) is -1.52. The van der Waals surface area contributed by atoms with Crippen LogP contribution in [-0.2, 0) is 36.3 Å². The SMILES string of the molecule is CC1(C)OCC(CS(=O)C(CCc2ccccc2)C(=O)CC(=O)O)O1. The fourth-order valence-electron chi connectivity index (χ4n) is 2.79. The van der Waals surface area contributed by atoms with Gasteiger partial charge < -0.3 is 14.6 Å². The minimum absolute atomic E-state index is 0.161. The zero-order valence-corrected chi connectivity index (χ0v) is 15.3. The first-order chi connectivity index (χ1) is 11.8. The van der Waals surface area contributed by atoms with E-state index in [9.17, 15) is 13.8 Å². The van der Waals surface area contributed by atoms with E-state index >= 15 is 0 Å². The van der Waals surface area contributed by atoms with E-state index in [0.29, 0.717) is 19.4 Å². The molecule has 1 fully saturated rings. The lowest BCUT2D eigenvalue weighted by atomic mass is 10.1. The van der Waals surface area contributed by atoms with Crippen molar-refractivity contribution >= 4 is 22.6 Å². The van der Waals surface area contributed by atoms with Gasteiger partial charge in [0.05, 0.1) is 23.7 Å². The van der Waals surface area contributed by atoms with E-state index in [1.165, 1.54) is 0 Å². The summed E-state index contributed by atoms with van der Waals surface area (Å²) in [4.78, 5) is 23.1. The normalized spacial score (nSPS) is 21.6. The van der Waals surface area contributed by atoms with Crippen LogP contribution in [0.4, 0.5) is 0 Å². The average Bonchev–Trinajstić information content (AvgIpc) is 2.86. The number of Topliss-reactive ketones (excluding diaryl/α,β-unsaturated/α-hetero) is 1. The van der Waals surface area contributed by atoms with Gasteiger partial charge in [-0.3, -0.25) is 13.8 Å². The number of ketones is 1. The largest absolute Gasteiger partial charge is 0.481 e. The van der Waals surface area contributed by atoms with Crippen LogP contribution in [0.15, 0.2) is 30.3 Å². The van der Waals surface area contributed by atoms with Gasteiger partial charge in [-0.25, -0.2) is 0 Å². The molecule has 0 amide bonds. The Hall–Kier alpha value is -1.57. The highest BCUT2D eigenvalue weighted by atomic mass is 32.2. The van der Waals surface area contributed by atoms with E-state index in [2.05, 4.69) is 0 Å². The van der Waals surface area contributed by atoms with Gasteiger partial charge in [0.15, 0.2) is 11.6 Å². The van der Waals surface area contributed by atoms with Crippen molar-refractivity contribution in [2.45, 2.75) is 50.3 Å². The summed E-state index contributed by atoms with van der Waals surface area (Å²) in [6, 6.07) is 9.54. The van der Waals surface area contributed by atoms with Crippen molar-refractivity contribution in [2.75, 3.05) is 12.4 Å². The molecule has 1 saturated heterocycles. The van der Waals surface area contributed by atoms with Crippen LogP contribution in [-0.4, -0.2) is 50.6 Å². The minimum Gasteiger partial charge on any atom is -0.481 e. The minimum atomic E-state index is -1.52. The second-order valence-corrected chi connectivity index (χ2v) is 8.21. The number of carboxylic acid groups (broad SMARTS) is 1. The van der Waals surface area contributed by atoms with Crippen LogP contribution in [0.25, 0.3) is 0 Å². The molecular weight excluding hydrogens is 344 g/mol. The van der Waals surface area contributed by atoms with E-state index in [0.717, 1.165) is 5.56 Å². The number of aliphatic carboxylic acids is 1. The van der Waals surface area contributed by atoms with Crippen molar-refractivity contribution in [3.05, 3.63) is 35.9 Å². The summed E-state index contributed by atoms with van der Waals surface area (Å²) in [5, 5.41) is 8.07. The number of benzene rings is 1. The third-order valence-corrected chi connectivity index (χ3v) is 5.79. The smallest absolute Gasteiger partial charge is 0.310 e. The lowest BCUT2D eigenvalue weighted by molar-refractivity contribution is -0.140. The molecule has 7 heteroatoms. The standard InChI is InChI=1S/C18H24O6S/c1-18(2)23-11-14(24-18)12-25(22)16(15(19)10-17(20)21)9-8-13-6-4-3-5-7-13/h3-7,14,16H,8-12H2,1-2H3,(H,20,21). The number of rotatable bonds is 9. The molecule has 0 bridgehead atoms. The molecule has 0 saturated carbocycles. The first kappa shape index (κ1) is 19.8. The van der Waals surface area contributed by atoms with Crippen molar-refractivity contribution in [3.63, 3.8) is 0 Å². The number of ether oxygens (including phenoxy) is 2. The predicted molar refractivity (Wildman–Crippen MR) is 93.7 cm³/mol. The molecule has 1 aromatic carbocycles. The third kappa shape index (κ3) is 6.34. The maximum Gasteiger partial charge on any atom is 0.310 e. The molecule has 0 aromatic heterocycles. The Balaban J connectivity index is 2.01. The molecule has 0 radical (unpaired) electrons. The Morgan fingerprint density at radius 3 is 2.56 bits per heavy atom. The Bertz CT molecular complexity index is 628. The van der Waals surface area contributed by atoms with Crippen LogP contribution < -0.4 is 0 Å². The molecule has 25 heavy (non-hydrogen) atoms. The van der Waals surface area contributed by atoms with Gasteiger partial charge in [0.2, 0.25) is 0 Å². The van der Waals surface area contributed by atoms with Crippen molar-refractivity contribution in [2.24, 2.45) is 0 Å². The summed E-state index contributed by atoms with van der Waals surface area (Å²) in [5.74, 6) is -2.26. The number of carboxylic acids is 1. The van der Waals surface area contributed by atoms with Crippen LogP contribution >= 0.6 is 0 Å². The molecule has 1 heterocycles. The van der Waals surface area contributed by atoms with Gasteiger partial charge in [0, 0.05) is 10.8 Å². The molecule has 3 unspecified atom stereocenters. The summed E-state index contributed by atoms with van der Waals surface area (Å²) < 4.78 is 23.8. The summed E-state index contributed by atoms with van der Waals surface area (Å²) in [5.41, 5.74) is 1.02. The number of carbonyl (C=O) groups is 2. The van der Waals surface area contributed by atoms with Gasteiger partial charge in [0.25, 0.3) is 0 Å². The summed E-state index contributed by atoms with van der Waals surface area (Å²) in [6.07, 6.45) is -0.0539. The van der Waals surface area contributed by atoms with Crippen molar-refractivity contribution in [3.8, 4) is 0 Å². The third-order valence-electron chi connectivity index (χ3n) is 3.96. The maximum absolute atomic E-state index is 12.7. The average molecular weight is 368 g/mol. The zero-order valence-electron chi connectivity index (χ0n) is 14.5. The fraction of sp³-hybridized carbons (Fsp3) is 0.556. The van der Waals surface area contributed by atoms with Crippen LogP contribution in [0, 0.1) is 0 Å². The van der Waals surface area contributed by atoms with Crippen molar-refractivity contribution < 1.29 is 28.4 Å². The molecule has 2 rings (SSSR count). The first-order valence-electron chi connectivity index (χ1n) is 8.24. The fourth-order valence-corrected chi connectivity index (χ4v) is 4.31. The molecular formula is C18H24O6S.